The minimum absolute atomic E-state index is 0.00405. The third-order valence-electron chi connectivity index (χ3n) is 3.08. The van der Waals surface area contributed by atoms with Crippen LogP contribution in [0.5, 0.6) is 0 Å². The molecule has 1 amide bonds. The molecule has 0 bridgehead atoms. The van der Waals surface area contributed by atoms with Crippen LogP contribution in [0.1, 0.15) is 17.9 Å². The molecule has 0 aliphatic heterocycles. The summed E-state index contributed by atoms with van der Waals surface area (Å²) in [7, 11) is 1.65. The predicted molar refractivity (Wildman–Crippen MR) is 90.1 cm³/mol. The minimum atomic E-state index is 0.00405. The molecule has 0 aliphatic rings. The van der Waals surface area contributed by atoms with Crippen molar-refractivity contribution in [1.29, 1.82) is 0 Å². The van der Waals surface area contributed by atoms with Crippen molar-refractivity contribution in [1.82, 2.24) is 15.5 Å². The maximum atomic E-state index is 11.6. The summed E-state index contributed by atoms with van der Waals surface area (Å²) in [5.41, 5.74) is 2.11. The molecular weight excluding hydrogens is 314 g/mol. The number of amides is 1. The standard InChI is InChI=1S/C16H21N3O3S/c1-12-4-6-13(7-5-12)16-18-15(22-19-16)11-23-10-14(20)17-8-3-9-21-2/h4-7H,3,8-11H2,1-2H3,(H,17,20). The third-order valence-corrected chi connectivity index (χ3v) is 4.00. The highest BCUT2D eigenvalue weighted by Crippen LogP contribution is 2.18. The largest absolute Gasteiger partial charge is 0.385 e. The predicted octanol–water partition coefficient (Wildman–Crippen LogP) is 2.43. The Morgan fingerprint density at radius 3 is 2.87 bits per heavy atom. The quantitative estimate of drug-likeness (QED) is 0.709. The van der Waals surface area contributed by atoms with Gasteiger partial charge in [-0.05, 0) is 13.3 Å². The van der Waals surface area contributed by atoms with Crippen LogP contribution in [0.4, 0.5) is 0 Å². The lowest BCUT2D eigenvalue weighted by molar-refractivity contribution is -0.118. The molecule has 0 radical (unpaired) electrons. The number of carbonyl (C=O) groups is 1. The molecule has 1 aromatic carbocycles. The van der Waals surface area contributed by atoms with Gasteiger partial charge in [0.1, 0.15) is 0 Å². The minimum Gasteiger partial charge on any atom is -0.385 e. The zero-order chi connectivity index (χ0) is 16.5. The fourth-order valence-corrected chi connectivity index (χ4v) is 2.54. The van der Waals surface area contributed by atoms with Crippen LogP contribution >= 0.6 is 11.8 Å². The Morgan fingerprint density at radius 2 is 2.13 bits per heavy atom. The molecule has 0 unspecified atom stereocenters. The molecule has 2 rings (SSSR count). The summed E-state index contributed by atoms with van der Waals surface area (Å²) in [4.78, 5) is 16.0. The van der Waals surface area contributed by atoms with Crippen molar-refractivity contribution < 1.29 is 14.1 Å². The lowest BCUT2D eigenvalue weighted by atomic mass is 10.1. The van der Waals surface area contributed by atoms with E-state index in [0.29, 0.717) is 36.4 Å². The van der Waals surface area contributed by atoms with Crippen molar-refractivity contribution in [3.8, 4) is 11.4 Å². The lowest BCUT2D eigenvalue weighted by Gasteiger charge is -2.03. The summed E-state index contributed by atoms with van der Waals surface area (Å²) in [5, 5.41) is 6.80. The average molecular weight is 335 g/mol. The zero-order valence-electron chi connectivity index (χ0n) is 13.4. The van der Waals surface area contributed by atoms with Gasteiger partial charge >= 0.3 is 0 Å². The number of thioether (sulfide) groups is 1. The maximum Gasteiger partial charge on any atom is 0.236 e. The summed E-state index contributed by atoms with van der Waals surface area (Å²) in [5.74, 6) is 1.99. The van der Waals surface area contributed by atoms with Gasteiger partial charge in [-0.3, -0.25) is 4.79 Å². The molecule has 124 valence electrons. The first-order chi connectivity index (χ1) is 11.2. The van der Waals surface area contributed by atoms with Gasteiger partial charge in [0, 0.05) is 25.8 Å². The van der Waals surface area contributed by atoms with Gasteiger partial charge < -0.3 is 14.6 Å². The fourth-order valence-electron chi connectivity index (χ4n) is 1.86. The van der Waals surface area contributed by atoms with E-state index < -0.39 is 0 Å². The molecule has 0 saturated carbocycles. The van der Waals surface area contributed by atoms with Crippen molar-refractivity contribution in [2.45, 2.75) is 19.1 Å². The van der Waals surface area contributed by atoms with E-state index in [1.807, 2.05) is 31.2 Å². The van der Waals surface area contributed by atoms with Crippen LogP contribution < -0.4 is 5.32 Å². The van der Waals surface area contributed by atoms with Gasteiger partial charge in [0.15, 0.2) is 0 Å². The van der Waals surface area contributed by atoms with E-state index in [1.54, 1.807) is 7.11 Å². The SMILES string of the molecule is COCCCNC(=O)CSCc1nc(-c2ccc(C)cc2)no1. The number of methoxy groups -OCH3 is 1. The van der Waals surface area contributed by atoms with Crippen LogP contribution in [0.25, 0.3) is 11.4 Å². The van der Waals surface area contributed by atoms with Crippen molar-refractivity contribution in [2.75, 3.05) is 26.0 Å². The first-order valence-electron chi connectivity index (χ1n) is 7.42. The molecule has 1 aromatic heterocycles. The lowest BCUT2D eigenvalue weighted by Crippen LogP contribution is -2.26. The van der Waals surface area contributed by atoms with Crippen LogP contribution in [0.3, 0.4) is 0 Å². The van der Waals surface area contributed by atoms with Crippen LogP contribution in [-0.2, 0) is 15.3 Å². The summed E-state index contributed by atoms with van der Waals surface area (Å²) >= 11 is 1.45. The van der Waals surface area contributed by atoms with Gasteiger partial charge in [0.2, 0.25) is 17.6 Å². The summed E-state index contributed by atoms with van der Waals surface area (Å²) in [6, 6.07) is 7.94. The second kappa shape index (κ2) is 9.32. The highest BCUT2D eigenvalue weighted by molar-refractivity contribution is 7.99. The first kappa shape index (κ1) is 17.5. The smallest absolute Gasteiger partial charge is 0.236 e. The average Bonchev–Trinajstić information content (AvgIpc) is 3.01. The number of carbonyl (C=O) groups excluding carboxylic acids is 1. The first-order valence-corrected chi connectivity index (χ1v) is 8.57. The molecule has 0 aliphatic carbocycles. The zero-order valence-corrected chi connectivity index (χ0v) is 14.2. The summed E-state index contributed by atoms with van der Waals surface area (Å²) in [6.45, 7) is 3.31. The molecule has 1 heterocycles. The summed E-state index contributed by atoms with van der Waals surface area (Å²) < 4.78 is 10.1. The second-order valence-corrected chi connectivity index (χ2v) is 6.05. The number of hydrogen-bond donors (Lipinski definition) is 1. The van der Waals surface area contributed by atoms with E-state index in [1.165, 1.54) is 17.3 Å². The van der Waals surface area contributed by atoms with Gasteiger partial charge in [-0.25, -0.2) is 0 Å². The van der Waals surface area contributed by atoms with E-state index in [9.17, 15) is 4.79 Å². The van der Waals surface area contributed by atoms with E-state index >= 15 is 0 Å². The van der Waals surface area contributed by atoms with Crippen molar-refractivity contribution in [2.24, 2.45) is 0 Å². The summed E-state index contributed by atoms with van der Waals surface area (Å²) in [6.07, 6.45) is 0.816. The van der Waals surface area contributed by atoms with Crippen LogP contribution in [0.2, 0.25) is 0 Å². The molecule has 7 heteroatoms. The number of benzene rings is 1. The number of nitrogens with zero attached hydrogens (tertiary/aromatic N) is 2. The number of aromatic nitrogens is 2. The van der Waals surface area contributed by atoms with Crippen LogP contribution in [0.15, 0.2) is 28.8 Å². The van der Waals surface area contributed by atoms with Gasteiger partial charge in [0.05, 0.1) is 11.5 Å². The number of aryl methyl sites for hydroxylation is 1. The Kier molecular flexibility index (Phi) is 7.09. The Hall–Kier alpha value is -1.86. The Balaban J connectivity index is 1.72. The third kappa shape index (κ3) is 6.03. The topological polar surface area (TPSA) is 77.2 Å². The number of ether oxygens (including phenoxy) is 1. The van der Waals surface area contributed by atoms with E-state index in [4.69, 9.17) is 9.26 Å². The molecule has 6 nitrogen and oxygen atoms in total. The molecule has 0 fully saturated rings. The van der Waals surface area contributed by atoms with Crippen LogP contribution in [-0.4, -0.2) is 42.1 Å². The van der Waals surface area contributed by atoms with E-state index in [0.717, 1.165) is 12.0 Å². The van der Waals surface area contributed by atoms with Gasteiger partial charge in [-0.1, -0.05) is 35.0 Å². The van der Waals surface area contributed by atoms with E-state index in [-0.39, 0.29) is 5.91 Å². The van der Waals surface area contributed by atoms with Gasteiger partial charge in [-0.15, -0.1) is 11.8 Å². The molecule has 0 saturated heterocycles. The Bertz CT molecular complexity index is 613. The monoisotopic (exact) mass is 335 g/mol. The number of hydrogen-bond acceptors (Lipinski definition) is 6. The van der Waals surface area contributed by atoms with Gasteiger partial charge in [0.25, 0.3) is 0 Å². The Morgan fingerprint density at radius 1 is 1.35 bits per heavy atom. The molecule has 0 spiro atoms. The molecule has 0 atom stereocenters. The Labute approximate surface area is 140 Å². The van der Waals surface area contributed by atoms with Crippen molar-refractivity contribution in [3.63, 3.8) is 0 Å². The maximum absolute atomic E-state index is 11.6. The second-order valence-electron chi connectivity index (χ2n) is 5.07. The van der Waals surface area contributed by atoms with Crippen LogP contribution in [0, 0.1) is 6.92 Å². The number of nitrogens with one attached hydrogen (secondary N) is 1. The van der Waals surface area contributed by atoms with Gasteiger partial charge in [-0.2, -0.15) is 4.98 Å². The number of rotatable bonds is 9. The molecular formula is C16H21N3O3S. The fraction of sp³-hybridized carbons (Fsp3) is 0.438. The highest BCUT2D eigenvalue weighted by Gasteiger charge is 2.09. The molecule has 23 heavy (non-hydrogen) atoms. The normalized spacial score (nSPS) is 10.7. The van der Waals surface area contributed by atoms with Crippen molar-refractivity contribution >= 4 is 17.7 Å². The van der Waals surface area contributed by atoms with Crippen molar-refractivity contribution in [3.05, 3.63) is 35.7 Å². The van der Waals surface area contributed by atoms with E-state index in [2.05, 4.69) is 15.5 Å². The highest BCUT2D eigenvalue weighted by atomic mass is 32.2. The molecule has 2 aromatic rings. The molecule has 1 N–H and O–H groups in total.